The van der Waals surface area contributed by atoms with E-state index in [-0.39, 0.29) is 12.1 Å². The van der Waals surface area contributed by atoms with Gasteiger partial charge in [0.05, 0.1) is 12.5 Å². The molecule has 0 aromatic carbocycles. The Kier molecular flexibility index (Phi) is 2.49. The molecule has 0 aromatic rings. The van der Waals surface area contributed by atoms with Crippen LogP contribution in [-0.4, -0.2) is 11.4 Å². The maximum absolute atomic E-state index is 8.03. The first kappa shape index (κ1) is 6.83. The van der Waals surface area contributed by atoms with Crippen molar-refractivity contribution in [2.24, 2.45) is 0 Å². The predicted molar refractivity (Wildman–Crippen MR) is 30.6 cm³/mol. The molecule has 0 aliphatic rings. The minimum Gasteiger partial charge on any atom is -0.298 e. The molecule has 8 heavy (non-hydrogen) atoms. The van der Waals surface area contributed by atoms with Crippen LogP contribution in [0.2, 0.25) is 0 Å². The molecule has 3 heteroatoms. The lowest BCUT2D eigenvalue weighted by Gasteiger charge is -1.83. The van der Waals surface area contributed by atoms with Crippen molar-refractivity contribution in [3.63, 3.8) is 0 Å². The van der Waals surface area contributed by atoms with E-state index in [0.29, 0.717) is 5.71 Å². The standard InChI is InChI=1S/C5H7N3/c1-4(7)5(8)2-3-6/h7-8H,2H2,1H3/p+1. The Morgan fingerprint density at radius 3 is 2.50 bits per heavy atom. The lowest BCUT2D eigenvalue weighted by Crippen LogP contribution is -2.42. The van der Waals surface area contributed by atoms with Crippen LogP contribution in [0, 0.1) is 16.7 Å². The molecule has 0 atom stereocenters. The highest BCUT2D eigenvalue weighted by Gasteiger charge is 2.00. The van der Waals surface area contributed by atoms with Gasteiger partial charge in [-0.15, -0.1) is 0 Å². The zero-order valence-corrected chi connectivity index (χ0v) is 4.73. The number of hydrogen-bond donors (Lipinski definition) is 2. The number of hydrogen-bond acceptors (Lipinski definition) is 2. The van der Waals surface area contributed by atoms with E-state index < -0.39 is 0 Å². The predicted octanol–water partition coefficient (Wildman–Crippen LogP) is -0.860. The highest BCUT2D eigenvalue weighted by Crippen LogP contribution is 1.78. The number of rotatable bonds is 2. The van der Waals surface area contributed by atoms with Gasteiger partial charge in [-0.05, 0) is 0 Å². The molecule has 0 amide bonds. The van der Waals surface area contributed by atoms with Crippen LogP contribution >= 0.6 is 0 Å². The SMILES string of the molecule is CC(=[NH2+])C(=N)CC#N. The van der Waals surface area contributed by atoms with Crippen LogP contribution in [0.25, 0.3) is 0 Å². The van der Waals surface area contributed by atoms with Gasteiger partial charge in [-0.25, -0.2) is 0 Å². The molecular formula is C5H8N3+. The molecule has 0 saturated heterocycles. The summed E-state index contributed by atoms with van der Waals surface area (Å²) in [6.45, 7) is 1.61. The molecular weight excluding hydrogens is 102 g/mol. The van der Waals surface area contributed by atoms with Gasteiger partial charge in [0.15, 0.2) is 5.71 Å². The third-order valence-electron chi connectivity index (χ3n) is 0.732. The Bertz CT molecular complexity index is 152. The van der Waals surface area contributed by atoms with Gasteiger partial charge >= 0.3 is 0 Å². The van der Waals surface area contributed by atoms with E-state index in [1.807, 2.05) is 6.07 Å². The normalized spacial score (nSPS) is 7.50. The first-order valence-corrected chi connectivity index (χ1v) is 2.22. The molecule has 0 bridgehead atoms. The Labute approximate surface area is 48.0 Å². The summed E-state index contributed by atoms with van der Waals surface area (Å²) in [6.07, 6.45) is 0.113. The lowest BCUT2D eigenvalue weighted by atomic mass is 10.2. The van der Waals surface area contributed by atoms with E-state index in [4.69, 9.17) is 16.1 Å². The van der Waals surface area contributed by atoms with Crippen LogP contribution < -0.4 is 5.41 Å². The summed E-state index contributed by atoms with van der Waals surface area (Å²) < 4.78 is 0. The van der Waals surface area contributed by atoms with Crippen molar-refractivity contribution in [3.05, 3.63) is 0 Å². The van der Waals surface area contributed by atoms with Crippen LogP contribution in [0.5, 0.6) is 0 Å². The topological polar surface area (TPSA) is 73.2 Å². The van der Waals surface area contributed by atoms with Gasteiger partial charge in [0.1, 0.15) is 5.71 Å². The average molecular weight is 110 g/mol. The monoisotopic (exact) mass is 110 g/mol. The minimum atomic E-state index is 0.113. The molecule has 0 fully saturated rings. The molecule has 0 radical (unpaired) electrons. The van der Waals surface area contributed by atoms with Gasteiger partial charge in [-0.2, -0.15) is 5.26 Å². The smallest absolute Gasteiger partial charge is 0.191 e. The summed E-state index contributed by atoms with van der Waals surface area (Å²) in [5.41, 5.74) is 0.638. The van der Waals surface area contributed by atoms with E-state index in [1.165, 1.54) is 0 Å². The van der Waals surface area contributed by atoms with Crippen molar-refractivity contribution in [1.82, 2.24) is 0 Å². The third-order valence-corrected chi connectivity index (χ3v) is 0.732. The number of nitrogens with two attached hydrogens (primary N) is 1. The van der Waals surface area contributed by atoms with Crippen molar-refractivity contribution in [2.75, 3.05) is 0 Å². The van der Waals surface area contributed by atoms with Crippen molar-refractivity contribution < 1.29 is 5.41 Å². The number of nitrogens with one attached hydrogen (secondary N) is 1. The number of nitrogens with zero attached hydrogens (tertiary/aromatic N) is 1. The van der Waals surface area contributed by atoms with Crippen molar-refractivity contribution in [3.8, 4) is 6.07 Å². The maximum atomic E-state index is 8.03. The Balaban J connectivity index is 3.71. The van der Waals surface area contributed by atoms with Crippen molar-refractivity contribution >= 4 is 11.4 Å². The van der Waals surface area contributed by atoms with Crippen molar-refractivity contribution in [2.45, 2.75) is 13.3 Å². The fourth-order valence-electron chi connectivity index (χ4n) is 0.218. The number of nitriles is 1. The molecule has 3 N–H and O–H groups in total. The molecule has 0 rings (SSSR count). The quantitative estimate of drug-likeness (QED) is 0.446. The second-order valence-electron chi connectivity index (χ2n) is 1.50. The molecule has 0 aromatic heterocycles. The fourth-order valence-corrected chi connectivity index (χ4v) is 0.218. The van der Waals surface area contributed by atoms with E-state index in [0.717, 1.165) is 0 Å². The minimum absolute atomic E-state index is 0.113. The molecule has 0 heterocycles. The summed E-state index contributed by atoms with van der Waals surface area (Å²) in [6, 6.07) is 1.82. The molecule has 0 aliphatic heterocycles. The van der Waals surface area contributed by atoms with Gasteiger partial charge in [0, 0.05) is 6.92 Å². The van der Waals surface area contributed by atoms with E-state index in [1.54, 1.807) is 6.92 Å². The molecule has 3 nitrogen and oxygen atoms in total. The van der Waals surface area contributed by atoms with E-state index in [2.05, 4.69) is 0 Å². The highest BCUT2D eigenvalue weighted by atomic mass is 14.5. The molecule has 0 spiro atoms. The Hall–Kier alpha value is -1.17. The van der Waals surface area contributed by atoms with Gasteiger partial charge in [0.25, 0.3) is 0 Å². The average Bonchev–Trinajstić information content (AvgIpc) is 1.67. The van der Waals surface area contributed by atoms with Crippen LogP contribution in [0.15, 0.2) is 0 Å². The van der Waals surface area contributed by atoms with Gasteiger partial charge in [-0.1, -0.05) is 0 Å². The summed E-state index contributed by atoms with van der Waals surface area (Å²) >= 11 is 0. The Morgan fingerprint density at radius 1 is 1.88 bits per heavy atom. The summed E-state index contributed by atoms with van der Waals surface area (Å²) in [7, 11) is 0. The van der Waals surface area contributed by atoms with Gasteiger partial charge in [-0.3, -0.25) is 10.8 Å². The summed E-state index contributed by atoms with van der Waals surface area (Å²) in [5.74, 6) is 0. The largest absolute Gasteiger partial charge is 0.298 e. The first-order chi connectivity index (χ1) is 3.68. The summed E-state index contributed by atoms with van der Waals surface area (Å²) in [5, 5.41) is 20.1. The molecule has 42 valence electrons. The van der Waals surface area contributed by atoms with Crippen LogP contribution in [0.3, 0.4) is 0 Å². The fraction of sp³-hybridized carbons (Fsp3) is 0.400. The van der Waals surface area contributed by atoms with Crippen LogP contribution in [-0.2, 0) is 0 Å². The molecule has 0 saturated carbocycles. The van der Waals surface area contributed by atoms with Crippen molar-refractivity contribution in [1.29, 1.82) is 10.7 Å². The lowest BCUT2D eigenvalue weighted by molar-refractivity contribution is -0.111. The molecule has 0 aliphatic carbocycles. The highest BCUT2D eigenvalue weighted by molar-refractivity contribution is 6.38. The van der Waals surface area contributed by atoms with Gasteiger partial charge in [0.2, 0.25) is 0 Å². The zero-order chi connectivity index (χ0) is 6.57. The Morgan fingerprint density at radius 2 is 2.38 bits per heavy atom. The van der Waals surface area contributed by atoms with Crippen LogP contribution in [0.4, 0.5) is 0 Å². The molecule has 0 unspecified atom stereocenters. The maximum Gasteiger partial charge on any atom is 0.191 e. The van der Waals surface area contributed by atoms with E-state index >= 15 is 0 Å². The van der Waals surface area contributed by atoms with Crippen LogP contribution in [0.1, 0.15) is 13.3 Å². The zero-order valence-electron chi connectivity index (χ0n) is 4.73. The van der Waals surface area contributed by atoms with E-state index in [9.17, 15) is 0 Å². The third kappa shape index (κ3) is 2.08. The second kappa shape index (κ2) is 2.92. The first-order valence-electron chi connectivity index (χ1n) is 2.22. The van der Waals surface area contributed by atoms with Gasteiger partial charge < -0.3 is 0 Å². The second-order valence-corrected chi connectivity index (χ2v) is 1.50. The summed E-state index contributed by atoms with van der Waals surface area (Å²) in [4.78, 5) is 0.